The topological polar surface area (TPSA) is 120 Å². The number of amides is 3. The van der Waals surface area contributed by atoms with Crippen LogP contribution in [0, 0.1) is 0 Å². The molecule has 0 spiro atoms. The molecule has 0 bridgehead atoms. The molecule has 4 N–H and O–H groups in total. The normalized spacial score (nSPS) is 12.9. The van der Waals surface area contributed by atoms with Crippen LogP contribution in [-0.2, 0) is 27.5 Å². The van der Waals surface area contributed by atoms with Crippen LogP contribution in [0.1, 0.15) is 30.9 Å². The standard InChI is InChI=1S/C42H44N6O4/c1-31(49)44-36-11-8-10-35(28-36)34-19-17-32(18-20-34)30-48(39-15-5-6-16-40(39)52-38-14-7-9-33(27-38)29-43)42(51)22-21-41(50)45-47-25-23-46(24-26-47)37-12-3-2-4-13-37/h2-20,27-28H,21-26,29-30,43H2,1H3,(H,44,49)(H,45,50). The molecule has 1 heterocycles. The van der Waals surface area contributed by atoms with Crippen LogP contribution in [0.15, 0.2) is 127 Å². The van der Waals surface area contributed by atoms with Gasteiger partial charge in [0.15, 0.2) is 5.75 Å². The van der Waals surface area contributed by atoms with Gasteiger partial charge in [0.2, 0.25) is 17.7 Å². The number of nitrogens with zero attached hydrogens (tertiary/aromatic N) is 3. The van der Waals surface area contributed by atoms with Crippen LogP contribution in [0.5, 0.6) is 11.5 Å². The van der Waals surface area contributed by atoms with E-state index in [0.717, 1.165) is 41.0 Å². The van der Waals surface area contributed by atoms with Gasteiger partial charge in [-0.3, -0.25) is 19.8 Å². The highest BCUT2D eigenvalue weighted by Gasteiger charge is 2.23. The summed E-state index contributed by atoms with van der Waals surface area (Å²) in [5.41, 5.74) is 15.1. The summed E-state index contributed by atoms with van der Waals surface area (Å²) in [7, 11) is 0. The van der Waals surface area contributed by atoms with E-state index in [0.29, 0.717) is 36.8 Å². The number of hydrogen-bond acceptors (Lipinski definition) is 7. The van der Waals surface area contributed by atoms with Gasteiger partial charge in [-0.05, 0) is 70.8 Å². The quantitative estimate of drug-likeness (QED) is 0.125. The lowest BCUT2D eigenvalue weighted by atomic mass is 10.0. The highest BCUT2D eigenvalue weighted by atomic mass is 16.5. The zero-order valence-corrected chi connectivity index (χ0v) is 29.3. The van der Waals surface area contributed by atoms with E-state index in [-0.39, 0.29) is 37.1 Å². The summed E-state index contributed by atoms with van der Waals surface area (Å²) >= 11 is 0. The highest BCUT2D eigenvalue weighted by molar-refractivity contribution is 5.96. The highest BCUT2D eigenvalue weighted by Crippen LogP contribution is 2.34. The lowest BCUT2D eigenvalue weighted by molar-refractivity contribution is -0.128. The lowest BCUT2D eigenvalue weighted by Crippen LogP contribution is -2.53. The molecule has 0 aliphatic carbocycles. The van der Waals surface area contributed by atoms with Crippen molar-refractivity contribution in [2.45, 2.75) is 32.9 Å². The zero-order valence-electron chi connectivity index (χ0n) is 29.3. The molecular weight excluding hydrogens is 652 g/mol. The van der Waals surface area contributed by atoms with Crippen molar-refractivity contribution >= 4 is 34.8 Å². The number of nitrogens with two attached hydrogens (primary N) is 1. The number of carbonyl (C=O) groups is 3. The fourth-order valence-corrected chi connectivity index (χ4v) is 6.20. The molecule has 5 aromatic carbocycles. The first kappa shape index (κ1) is 35.8. The maximum atomic E-state index is 14.1. The van der Waals surface area contributed by atoms with Gasteiger partial charge in [-0.15, -0.1) is 0 Å². The van der Waals surface area contributed by atoms with Crippen LogP contribution in [-0.4, -0.2) is 48.9 Å². The van der Waals surface area contributed by atoms with E-state index < -0.39 is 0 Å². The maximum Gasteiger partial charge on any atom is 0.234 e. The van der Waals surface area contributed by atoms with Gasteiger partial charge in [0.1, 0.15) is 5.75 Å². The lowest BCUT2D eigenvalue weighted by Gasteiger charge is -2.36. The predicted molar refractivity (Wildman–Crippen MR) is 206 cm³/mol. The number of piperazine rings is 1. The molecule has 6 rings (SSSR count). The van der Waals surface area contributed by atoms with E-state index in [1.165, 1.54) is 12.6 Å². The van der Waals surface area contributed by atoms with E-state index >= 15 is 0 Å². The smallest absolute Gasteiger partial charge is 0.234 e. The number of hydrogen-bond donors (Lipinski definition) is 3. The van der Waals surface area contributed by atoms with E-state index in [1.807, 2.05) is 120 Å². The van der Waals surface area contributed by atoms with Crippen molar-refractivity contribution in [1.29, 1.82) is 0 Å². The molecule has 0 aromatic heterocycles. The number of ether oxygens (including phenoxy) is 1. The van der Waals surface area contributed by atoms with Gasteiger partial charge in [-0.2, -0.15) is 0 Å². The molecule has 266 valence electrons. The largest absolute Gasteiger partial charge is 0.455 e. The Bertz CT molecular complexity index is 1980. The summed E-state index contributed by atoms with van der Waals surface area (Å²) < 4.78 is 6.33. The van der Waals surface area contributed by atoms with E-state index in [2.05, 4.69) is 27.8 Å². The monoisotopic (exact) mass is 696 g/mol. The summed E-state index contributed by atoms with van der Waals surface area (Å²) in [6.45, 7) is 5.08. The van der Waals surface area contributed by atoms with Crippen LogP contribution in [0.3, 0.4) is 0 Å². The Kier molecular flexibility index (Phi) is 11.9. The Balaban J connectivity index is 1.17. The number of anilines is 3. The first-order chi connectivity index (χ1) is 25.3. The molecule has 0 atom stereocenters. The van der Waals surface area contributed by atoms with Gasteiger partial charge >= 0.3 is 0 Å². The minimum Gasteiger partial charge on any atom is -0.455 e. The number of carbonyl (C=O) groups excluding carboxylic acids is 3. The number of hydrazine groups is 1. The minimum absolute atomic E-state index is 0.0147. The van der Waals surface area contributed by atoms with Gasteiger partial charge in [-0.25, -0.2) is 5.01 Å². The molecule has 5 aromatic rings. The molecule has 0 unspecified atom stereocenters. The van der Waals surface area contributed by atoms with E-state index in [4.69, 9.17) is 10.5 Å². The van der Waals surface area contributed by atoms with Crippen molar-refractivity contribution in [2.24, 2.45) is 5.73 Å². The van der Waals surface area contributed by atoms with Crippen molar-refractivity contribution in [3.8, 4) is 22.6 Å². The molecule has 52 heavy (non-hydrogen) atoms. The van der Waals surface area contributed by atoms with Crippen molar-refractivity contribution in [3.05, 3.63) is 139 Å². The van der Waals surface area contributed by atoms with Crippen LogP contribution in [0.4, 0.5) is 17.1 Å². The van der Waals surface area contributed by atoms with Crippen molar-refractivity contribution in [1.82, 2.24) is 10.4 Å². The van der Waals surface area contributed by atoms with Crippen molar-refractivity contribution in [3.63, 3.8) is 0 Å². The second kappa shape index (κ2) is 17.3. The average molecular weight is 697 g/mol. The molecular formula is C42H44N6O4. The first-order valence-corrected chi connectivity index (χ1v) is 17.5. The van der Waals surface area contributed by atoms with Crippen LogP contribution in [0.25, 0.3) is 11.1 Å². The van der Waals surface area contributed by atoms with Crippen LogP contribution >= 0.6 is 0 Å². The fraction of sp³-hybridized carbons (Fsp3) is 0.214. The second-order valence-electron chi connectivity index (χ2n) is 12.7. The molecule has 1 aliphatic heterocycles. The first-order valence-electron chi connectivity index (χ1n) is 17.5. The zero-order chi connectivity index (χ0) is 36.3. The van der Waals surface area contributed by atoms with Gasteiger partial charge in [0.05, 0.1) is 12.2 Å². The van der Waals surface area contributed by atoms with Crippen molar-refractivity contribution in [2.75, 3.05) is 41.3 Å². The van der Waals surface area contributed by atoms with E-state index in [9.17, 15) is 14.4 Å². The van der Waals surface area contributed by atoms with Gasteiger partial charge < -0.3 is 25.6 Å². The van der Waals surface area contributed by atoms with Gasteiger partial charge in [-0.1, -0.05) is 78.9 Å². The summed E-state index contributed by atoms with van der Waals surface area (Å²) in [5.74, 6) is 0.587. The average Bonchev–Trinajstić information content (AvgIpc) is 3.17. The Hall–Kier alpha value is -5.97. The van der Waals surface area contributed by atoms with Crippen molar-refractivity contribution < 1.29 is 19.1 Å². The van der Waals surface area contributed by atoms with Crippen LogP contribution < -0.4 is 31.0 Å². The van der Waals surface area contributed by atoms with Crippen LogP contribution in [0.2, 0.25) is 0 Å². The molecule has 10 heteroatoms. The van der Waals surface area contributed by atoms with E-state index in [1.54, 1.807) is 4.90 Å². The third-order valence-electron chi connectivity index (χ3n) is 8.88. The molecule has 1 aliphatic rings. The third kappa shape index (κ3) is 9.63. The molecule has 0 saturated carbocycles. The Morgan fingerprint density at radius 3 is 2.21 bits per heavy atom. The summed E-state index contributed by atoms with van der Waals surface area (Å²) in [6.07, 6.45) is 0.0558. The molecule has 1 fully saturated rings. The van der Waals surface area contributed by atoms with Gasteiger partial charge in [0, 0.05) is 63.9 Å². The Labute approximate surface area is 304 Å². The molecule has 10 nitrogen and oxygen atoms in total. The third-order valence-corrected chi connectivity index (χ3v) is 8.88. The summed E-state index contributed by atoms with van der Waals surface area (Å²) in [6, 6.07) is 40.8. The fourth-order valence-electron chi connectivity index (χ4n) is 6.20. The number of nitrogens with one attached hydrogen (secondary N) is 2. The molecule has 0 radical (unpaired) electrons. The molecule has 1 saturated heterocycles. The summed E-state index contributed by atoms with van der Waals surface area (Å²) in [4.78, 5) is 42.8. The number of benzene rings is 5. The Morgan fingerprint density at radius 1 is 0.731 bits per heavy atom. The maximum absolute atomic E-state index is 14.1. The summed E-state index contributed by atoms with van der Waals surface area (Å²) in [5, 5.41) is 4.75. The predicted octanol–water partition coefficient (Wildman–Crippen LogP) is 6.73. The number of para-hydroxylation sites is 3. The van der Waals surface area contributed by atoms with Gasteiger partial charge in [0.25, 0.3) is 0 Å². The minimum atomic E-state index is -0.206. The molecule has 3 amide bonds. The Morgan fingerprint density at radius 2 is 1.46 bits per heavy atom. The number of rotatable bonds is 13. The SMILES string of the molecule is CC(=O)Nc1cccc(-c2ccc(CN(C(=O)CCC(=O)NN3CCN(c4ccccc4)CC3)c3ccccc3Oc3cccc(CN)c3)cc2)c1. The second-order valence-corrected chi connectivity index (χ2v) is 12.7.